The van der Waals surface area contributed by atoms with Crippen molar-refractivity contribution in [3.05, 3.63) is 247 Å². The fraction of sp³-hybridized carbons (Fsp3) is 0.0169. The summed E-state index contributed by atoms with van der Waals surface area (Å²) < 4.78 is 13.7. The van der Waals surface area contributed by atoms with Crippen LogP contribution in [0.1, 0.15) is 22.3 Å². The fourth-order valence-corrected chi connectivity index (χ4v) is 10.5. The lowest BCUT2D eigenvalue weighted by Crippen LogP contribution is -2.28. The van der Waals surface area contributed by atoms with Crippen LogP contribution in [0.4, 0.5) is 17.1 Å². The first-order valence-electron chi connectivity index (χ1n) is 21.2. The van der Waals surface area contributed by atoms with Crippen LogP contribution in [-0.2, 0) is 5.41 Å². The van der Waals surface area contributed by atoms with Crippen LogP contribution >= 0.6 is 0 Å². The predicted octanol–water partition coefficient (Wildman–Crippen LogP) is 16.1. The average Bonchev–Trinajstić information content (AvgIpc) is 4.01. The second kappa shape index (κ2) is 13.4. The second-order valence-corrected chi connectivity index (χ2v) is 16.3. The Morgan fingerprint density at radius 3 is 1.76 bits per heavy atom. The van der Waals surface area contributed by atoms with E-state index < -0.39 is 5.41 Å². The van der Waals surface area contributed by atoms with E-state index in [0.717, 1.165) is 72.1 Å². The molecular weight excluding hydrogens is 755 g/mol. The molecular formula is C59H37NO2. The predicted molar refractivity (Wildman–Crippen MR) is 256 cm³/mol. The van der Waals surface area contributed by atoms with Crippen LogP contribution in [0.3, 0.4) is 0 Å². The van der Waals surface area contributed by atoms with Crippen molar-refractivity contribution in [2.45, 2.75) is 5.41 Å². The van der Waals surface area contributed by atoms with Crippen LogP contribution in [0.15, 0.2) is 233 Å². The van der Waals surface area contributed by atoms with Crippen LogP contribution in [0.2, 0.25) is 0 Å². The summed E-state index contributed by atoms with van der Waals surface area (Å²) in [6, 6.07) is 81.1. The van der Waals surface area contributed by atoms with E-state index in [1.807, 2.05) is 18.2 Å². The number of furan rings is 2. The fourth-order valence-electron chi connectivity index (χ4n) is 10.5. The minimum atomic E-state index is -0.562. The largest absolute Gasteiger partial charge is 0.456 e. The van der Waals surface area contributed by atoms with Gasteiger partial charge in [0, 0.05) is 38.5 Å². The number of fused-ring (bicyclic) bond motifs is 11. The second-order valence-electron chi connectivity index (χ2n) is 16.3. The summed E-state index contributed by atoms with van der Waals surface area (Å²) in [4.78, 5) is 2.42. The van der Waals surface area contributed by atoms with Gasteiger partial charge >= 0.3 is 0 Å². The maximum absolute atomic E-state index is 7.22. The summed E-state index contributed by atoms with van der Waals surface area (Å²) in [5.41, 5.74) is 15.5. The number of rotatable bonds is 6. The van der Waals surface area contributed by atoms with Gasteiger partial charge < -0.3 is 13.7 Å². The van der Waals surface area contributed by atoms with E-state index in [9.17, 15) is 0 Å². The Hall–Kier alpha value is -8.14. The van der Waals surface area contributed by atoms with Gasteiger partial charge in [-0.25, -0.2) is 0 Å². The molecule has 13 rings (SSSR count). The van der Waals surface area contributed by atoms with Gasteiger partial charge in [0.15, 0.2) is 5.58 Å². The molecule has 0 spiro atoms. The van der Waals surface area contributed by atoms with E-state index in [1.54, 1.807) is 0 Å². The number of hydrogen-bond donors (Lipinski definition) is 0. The van der Waals surface area contributed by atoms with Crippen LogP contribution in [-0.4, -0.2) is 0 Å². The van der Waals surface area contributed by atoms with E-state index in [1.165, 1.54) is 44.2 Å². The molecule has 10 aromatic carbocycles. The van der Waals surface area contributed by atoms with Crippen LogP contribution in [0.5, 0.6) is 0 Å². The zero-order valence-electron chi connectivity index (χ0n) is 33.6. The smallest absolute Gasteiger partial charge is 0.160 e. The molecule has 0 saturated carbocycles. The standard InChI is InChI=1S/C59H37NO2/c1-4-18-41(19-5-1)59(42-20-6-2-7-21-42)50-26-14-12-24-46(50)47-31-30-44(37-51(47)59)60(43-22-8-3-9-23-43)57-45(40-29-28-38-16-10-11-17-39(38)36-40)32-33-49-56-54(62-58(49)57)35-34-53-55(56)48-25-13-15-27-52(48)61-53/h1-37H. The maximum Gasteiger partial charge on any atom is 0.160 e. The van der Waals surface area contributed by atoms with E-state index in [-0.39, 0.29) is 0 Å². The van der Waals surface area contributed by atoms with Crippen LogP contribution < -0.4 is 4.90 Å². The van der Waals surface area contributed by atoms with Gasteiger partial charge in [-0.1, -0.05) is 170 Å². The summed E-state index contributed by atoms with van der Waals surface area (Å²) in [6.45, 7) is 0. The number of hydrogen-bond acceptors (Lipinski definition) is 3. The summed E-state index contributed by atoms with van der Waals surface area (Å²) in [7, 11) is 0. The third-order valence-corrected chi connectivity index (χ3v) is 13.1. The summed E-state index contributed by atoms with van der Waals surface area (Å²) in [5.74, 6) is 0. The Balaban J connectivity index is 1.15. The van der Waals surface area contributed by atoms with Gasteiger partial charge in [0.2, 0.25) is 0 Å². The van der Waals surface area contributed by atoms with Crippen molar-refractivity contribution >= 4 is 71.7 Å². The maximum atomic E-state index is 7.22. The third-order valence-electron chi connectivity index (χ3n) is 13.1. The molecule has 3 heteroatoms. The molecule has 0 radical (unpaired) electrons. The Morgan fingerprint density at radius 2 is 0.968 bits per heavy atom. The molecule has 0 bridgehead atoms. The topological polar surface area (TPSA) is 29.5 Å². The normalized spacial score (nSPS) is 13.0. The van der Waals surface area contributed by atoms with E-state index in [2.05, 4.69) is 211 Å². The van der Waals surface area contributed by atoms with Crippen LogP contribution in [0, 0.1) is 0 Å². The Kier molecular flexibility index (Phi) is 7.52. The Bertz CT molecular complexity index is 3660. The van der Waals surface area contributed by atoms with E-state index >= 15 is 0 Å². The van der Waals surface area contributed by atoms with Crippen LogP contribution in [0.25, 0.3) is 76.9 Å². The molecule has 0 unspecified atom stereocenters. The Labute approximate surface area is 358 Å². The molecule has 290 valence electrons. The molecule has 0 fully saturated rings. The first-order valence-corrected chi connectivity index (χ1v) is 21.2. The third kappa shape index (κ3) is 4.94. The average molecular weight is 792 g/mol. The lowest BCUT2D eigenvalue weighted by atomic mass is 9.67. The van der Waals surface area contributed by atoms with Gasteiger partial charge in [-0.3, -0.25) is 0 Å². The van der Waals surface area contributed by atoms with Crippen molar-refractivity contribution in [2.24, 2.45) is 0 Å². The van der Waals surface area contributed by atoms with E-state index in [4.69, 9.17) is 8.83 Å². The molecule has 12 aromatic rings. The first-order chi connectivity index (χ1) is 30.8. The quantitative estimate of drug-likeness (QED) is 0.168. The molecule has 3 nitrogen and oxygen atoms in total. The zero-order valence-corrected chi connectivity index (χ0v) is 33.6. The summed E-state index contributed by atoms with van der Waals surface area (Å²) in [5, 5.41) is 6.62. The zero-order chi connectivity index (χ0) is 40.8. The van der Waals surface area contributed by atoms with Crippen molar-refractivity contribution in [1.29, 1.82) is 0 Å². The van der Waals surface area contributed by atoms with Crippen molar-refractivity contribution in [3.63, 3.8) is 0 Å². The van der Waals surface area contributed by atoms with Crippen molar-refractivity contribution < 1.29 is 8.83 Å². The molecule has 1 aliphatic carbocycles. The van der Waals surface area contributed by atoms with Gasteiger partial charge in [0.25, 0.3) is 0 Å². The van der Waals surface area contributed by atoms with E-state index in [0.29, 0.717) is 0 Å². The highest BCUT2D eigenvalue weighted by Gasteiger charge is 2.46. The number of para-hydroxylation sites is 2. The van der Waals surface area contributed by atoms with Gasteiger partial charge in [-0.2, -0.15) is 0 Å². The number of nitrogens with zero attached hydrogens (tertiary/aromatic N) is 1. The summed E-state index contributed by atoms with van der Waals surface area (Å²) in [6.07, 6.45) is 0. The molecule has 0 N–H and O–H groups in total. The monoisotopic (exact) mass is 791 g/mol. The minimum absolute atomic E-state index is 0.562. The van der Waals surface area contributed by atoms with Gasteiger partial charge in [-0.05, 0) is 104 Å². The van der Waals surface area contributed by atoms with Crippen molar-refractivity contribution in [3.8, 4) is 22.3 Å². The van der Waals surface area contributed by atoms with Gasteiger partial charge in [-0.15, -0.1) is 0 Å². The molecule has 0 aliphatic heterocycles. The molecule has 0 atom stereocenters. The van der Waals surface area contributed by atoms with Crippen molar-refractivity contribution in [2.75, 3.05) is 4.90 Å². The highest BCUT2D eigenvalue weighted by molar-refractivity contribution is 6.27. The first kappa shape index (κ1) is 34.7. The SMILES string of the molecule is c1ccc(N(c2ccc3c(c2)C(c2ccccc2)(c2ccccc2)c2ccccc2-3)c2c(-c3ccc4ccccc4c3)ccc3c2oc2ccc4oc5ccccc5c4c23)cc1. The lowest BCUT2D eigenvalue weighted by molar-refractivity contribution is 0.663. The molecule has 0 saturated heterocycles. The Morgan fingerprint density at radius 1 is 0.355 bits per heavy atom. The number of anilines is 3. The highest BCUT2D eigenvalue weighted by Crippen LogP contribution is 2.58. The summed E-state index contributed by atoms with van der Waals surface area (Å²) >= 11 is 0. The lowest BCUT2D eigenvalue weighted by Gasteiger charge is -2.35. The minimum Gasteiger partial charge on any atom is -0.456 e. The number of benzene rings is 10. The molecule has 2 aromatic heterocycles. The van der Waals surface area contributed by atoms with Gasteiger partial charge in [0.05, 0.1) is 11.1 Å². The molecule has 2 heterocycles. The molecule has 1 aliphatic rings. The highest BCUT2D eigenvalue weighted by atomic mass is 16.3. The molecule has 62 heavy (non-hydrogen) atoms. The molecule has 0 amide bonds. The van der Waals surface area contributed by atoms with Crippen molar-refractivity contribution in [1.82, 2.24) is 0 Å². The van der Waals surface area contributed by atoms with Gasteiger partial charge in [0.1, 0.15) is 16.7 Å².